The molecule has 2 aliphatic heterocycles. The predicted octanol–water partition coefficient (Wildman–Crippen LogP) is 2.28. The van der Waals surface area contributed by atoms with Crippen LogP contribution in [-0.4, -0.2) is 53.7 Å². The number of halogens is 2. The van der Waals surface area contributed by atoms with Crippen LogP contribution in [-0.2, 0) is 15.7 Å². The van der Waals surface area contributed by atoms with Gasteiger partial charge in [-0.3, -0.25) is 24.0 Å². The highest BCUT2D eigenvalue weighted by atomic mass is 32.3. The minimum Gasteiger partial charge on any atom is -0.465 e. The van der Waals surface area contributed by atoms with Crippen molar-refractivity contribution in [2.24, 2.45) is 4.99 Å². The lowest BCUT2D eigenvalue weighted by Crippen LogP contribution is -2.66. The normalized spacial score (nSPS) is 25.2. The fourth-order valence-corrected chi connectivity index (χ4v) is 8.45. The van der Waals surface area contributed by atoms with E-state index in [2.05, 4.69) is 30.3 Å². The Bertz CT molecular complexity index is 1320. The molecule has 2 amide bonds. The number of pyridine rings is 2. The number of carbonyl (C=O) groups excluding carboxylic acids is 1. The van der Waals surface area contributed by atoms with Gasteiger partial charge in [0.05, 0.1) is 16.2 Å². The Morgan fingerprint density at radius 3 is 2.60 bits per heavy atom. The van der Waals surface area contributed by atoms with E-state index in [0.29, 0.717) is 18.5 Å². The molecule has 10 nitrogen and oxygen atoms in total. The molecule has 188 valence electrons. The molecular formula is C22H26F2N6O4S. The maximum Gasteiger partial charge on any atom is 0.410 e. The average molecular weight is 509 g/mol. The second-order valence-electron chi connectivity index (χ2n) is 9.27. The van der Waals surface area contributed by atoms with Crippen LogP contribution in [0.5, 0.6) is 0 Å². The molecule has 4 N–H and O–H groups in total. The summed E-state index contributed by atoms with van der Waals surface area (Å²) in [5, 5.41) is 13.4. The summed E-state index contributed by atoms with van der Waals surface area (Å²) in [7, 11) is -3.34. The zero-order valence-corrected chi connectivity index (χ0v) is 20.4. The van der Waals surface area contributed by atoms with Crippen molar-refractivity contribution in [2.75, 3.05) is 11.9 Å². The third-order valence-electron chi connectivity index (χ3n) is 6.66. The van der Waals surface area contributed by atoms with Gasteiger partial charge in [0.25, 0.3) is 5.91 Å². The number of amidine groups is 1. The van der Waals surface area contributed by atoms with E-state index >= 15 is 4.39 Å². The van der Waals surface area contributed by atoms with Crippen molar-refractivity contribution in [3.8, 4) is 0 Å². The molecule has 0 aromatic carbocycles. The van der Waals surface area contributed by atoms with Crippen LogP contribution in [0.2, 0.25) is 0 Å². The first-order chi connectivity index (χ1) is 16.3. The number of carbonyl (C=O) groups is 2. The molecule has 13 heteroatoms. The number of aromatic nitrogens is 2. The number of amides is 2. The first kappa shape index (κ1) is 24.8. The molecule has 0 spiro atoms. The lowest BCUT2D eigenvalue weighted by atomic mass is 9.89. The van der Waals surface area contributed by atoms with E-state index in [0.717, 1.165) is 18.3 Å². The van der Waals surface area contributed by atoms with E-state index < -0.39 is 49.3 Å². The van der Waals surface area contributed by atoms with Gasteiger partial charge in [0.1, 0.15) is 40.2 Å². The number of hydrogen-bond donors (Lipinski definition) is 5. The van der Waals surface area contributed by atoms with Crippen molar-refractivity contribution in [3.63, 3.8) is 0 Å². The highest BCUT2D eigenvalue weighted by Gasteiger charge is 2.59. The molecule has 0 unspecified atom stereocenters. The van der Waals surface area contributed by atoms with Crippen LogP contribution in [0, 0.1) is 18.6 Å². The second kappa shape index (κ2) is 8.41. The molecule has 2 aromatic rings. The minimum atomic E-state index is -3.34. The van der Waals surface area contributed by atoms with Gasteiger partial charge in [-0.2, -0.15) is 0 Å². The number of thiol groups is 1. The van der Waals surface area contributed by atoms with Crippen molar-refractivity contribution < 1.29 is 27.7 Å². The number of rotatable bonds is 3. The fourth-order valence-electron chi connectivity index (χ4n) is 4.80. The van der Waals surface area contributed by atoms with Crippen LogP contribution < -0.4 is 15.4 Å². The second-order valence-corrected chi connectivity index (χ2v) is 12.6. The van der Waals surface area contributed by atoms with Gasteiger partial charge in [0.2, 0.25) is 0 Å². The van der Waals surface area contributed by atoms with E-state index in [1.165, 1.54) is 13.0 Å². The summed E-state index contributed by atoms with van der Waals surface area (Å²) in [6, 6.07) is 3.51. The number of carboxylic acid groups (broad SMARTS) is 1. The van der Waals surface area contributed by atoms with Crippen molar-refractivity contribution in [2.45, 2.75) is 49.7 Å². The van der Waals surface area contributed by atoms with Gasteiger partial charge in [0.15, 0.2) is 0 Å². The van der Waals surface area contributed by atoms with Crippen molar-refractivity contribution in [1.82, 2.24) is 20.0 Å². The Morgan fingerprint density at radius 2 is 1.94 bits per heavy atom. The van der Waals surface area contributed by atoms with Gasteiger partial charge >= 0.3 is 6.09 Å². The monoisotopic (exact) mass is 508 g/mol. The highest BCUT2D eigenvalue weighted by molar-refractivity contribution is 8.04. The van der Waals surface area contributed by atoms with Gasteiger partial charge in [-0.05, 0) is 68.0 Å². The van der Waals surface area contributed by atoms with Crippen LogP contribution >= 0.6 is 0 Å². The third-order valence-corrected chi connectivity index (χ3v) is 10.9. The summed E-state index contributed by atoms with van der Waals surface area (Å²) in [5.41, 5.74) is -1.41. The summed E-state index contributed by atoms with van der Waals surface area (Å²) in [5.74, 6) is -2.10. The number of aliphatic imine (C=N–C) groups is 1. The fraction of sp³-hybridized carbons (Fsp3) is 0.409. The van der Waals surface area contributed by atoms with E-state index in [1.807, 2.05) is 0 Å². The molecule has 1 fully saturated rings. The van der Waals surface area contributed by atoms with Crippen molar-refractivity contribution in [3.05, 3.63) is 53.0 Å². The number of nitrogens with one attached hydrogen (secondary N) is 3. The smallest absolute Gasteiger partial charge is 0.410 e. The van der Waals surface area contributed by atoms with Crippen molar-refractivity contribution in [1.29, 1.82) is 0 Å². The van der Waals surface area contributed by atoms with E-state index in [-0.39, 0.29) is 23.0 Å². The van der Waals surface area contributed by atoms with Gasteiger partial charge in [-0.1, -0.05) is 0 Å². The quantitative estimate of drug-likeness (QED) is 0.402. The van der Waals surface area contributed by atoms with E-state index in [9.17, 15) is 23.3 Å². The molecule has 1 saturated heterocycles. The Hall–Kier alpha value is -3.32. The highest BCUT2D eigenvalue weighted by Crippen LogP contribution is 2.48. The molecule has 2 atom stereocenters. The molecule has 0 radical (unpaired) electrons. The maximum atomic E-state index is 15.2. The lowest BCUT2D eigenvalue weighted by Gasteiger charge is -2.50. The largest absolute Gasteiger partial charge is 0.465 e. The van der Waals surface area contributed by atoms with Gasteiger partial charge in [-0.15, -0.1) is 0 Å². The summed E-state index contributed by atoms with van der Waals surface area (Å²) in [6.07, 6.45) is -0.0793. The molecule has 0 saturated carbocycles. The van der Waals surface area contributed by atoms with Crippen molar-refractivity contribution >= 4 is 33.8 Å². The van der Waals surface area contributed by atoms with Gasteiger partial charge in [-0.25, -0.2) is 23.5 Å². The van der Waals surface area contributed by atoms with E-state index in [4.69, 9.17) is 0 Å². The third kappa shape index (κ3) is 3.97. The van der Waals surface area contributed by atoms with Crippen LogP contribution in [0.15, 0.2) is 29.4 Å². The lowest BCUT2D eigenvalue weighted by molar-refractivity contribution is 0.102. The minimum absolute atomic E-state index is 0.0216. The summed E-state index contributed by atoms with van der Waals surface area (Å²) < 4.78 is 44.6. The average Bonchev–Trinajstić information content (AvgIpc) is 3.18. The Kier molecular flexibility index (Phi) is 5.96. The topological polar surface area (TPSA) is 146 Å². The maximum absolute atomic E-state index is 15.2. The van der Waals surface area contributed by atoms with Gasteiger partial charge in [0, 0.05) is 6.54 Å². The summed E-state index contributed by atoms with van der Waals surface area (Å²) >= 11 is 0. The first-order valence-corrected chi connectivity index (χ1v) is 12.6. The standard InChI is InChI=1S/C22H26F2N6O4S/c1-11-9-12(23)10-25-16(11)18(31)28-15-6-5-13(24)17(27-15)22(4)14-7-8-26-35(14,34)21(2,3)19(30-22)29-20(32)33/h5-6,9-10,14,35H,7-8H2,1-4H3,(H,26,34)(H,29,30)(H,32,33)(H,27,28,31)/t14-,22-/m0/s1. The number of aryl methyl sites for hydroxylation is 1. The predicted molar refractivity (Wildman–Crippen MR) is 127 cm³/mol. The Labute approximate surface area is 201 Å². The van der Waals surface area contributed by atoms with Crippen LogP contribution in [0.1, 0.15) is 48.9 Å². The number of anilines is 1. The first-order valence-electron chi connectivity index (χ1n) is 10.9. The molecular weight excluding hydrogens is 482 g/mol. The number of hydrogen-bond acceptors (Lipinski definition) is 6. The molecule has 2 aromatic heterocycles. The SMILES string of the molecule is Cc1cc(F)cnc1C(=O)Nc1ccc(F)c([C@@]2(C)N=C(NC(=O)O)C(C)(C)[SH]3(=O)NCC[C@@H]23)n1. The van der Waals surface area contributed by atoms with Gasteiger partial charge < -0.3 is 10.4 Å². The summed E-state index contributed by atoms with van der Waals surface area (Å²) in [6.45, 7) is 6.72. The van der Waals surface area contributed by atoms with Crippen LogP contribution in [0.25, 0.3) is 0 Å². The zero-order chi connectivity index (χ0) is 25.8. The molecule has 2 aliphatic rings. The molecule has 35 heavy (non-hydrogen) atoms. The Balaban J connectivity index is 1.79. The molecule has 0 bridgehead atoms. The zero-order valence-electron chi connectivity index (χ0n) is 19.5. The molecule has 4 rings (SSSR count). The molecule has 0 aliphatic carbocycles. The summed E-state index contributed by atoms with van der Waals surface area (Å²) in [4.78, 5) is 36.8. The van der Waals surface area contributed by atoms with E-state index in [1.54, 1.807) is 20.8 Å². The Morgan fingerprint density at radius 1 is 1.23 bits per heavy atom. The number of nitrogens with zero attached hydrogens (tertiary/aromatic N) is 3. The number of fused-ring (bicyclic) bond motifs is 1. The van der Waals surface area contributed by atoms with Crippen LogP contribution in [0.4, 0.5) is 19.4 Å². The molecule has 4 heterocycles. The van der Waals surface area contributed by atoms with Crippen LogP contribution in [0.3, 0.4) is 0 Å².